The number of hydrogen-bond acceptors (Lipinski definition) is 6. The van der Waals surface area contributed by atoms with E-state index in [0.717, 1.165) is 11.3 Å². The third-order valence-electron chi connectivity index (χ3n) is 4.74. The number of carbonyl (C=O) groups excluding carboxylic acids is 1. The van der Waals surface area contributed by atoms with Gasteiger partial charge in [-0.25, -0.2) is 4.79 Å². The number of esters is 1. The van der Waals surface area contributed by atoms with E-state index in [9.17, 15) is 10.1 Å². The minimum atomic E-state index is -0.551. The third kappa shape index (κ3) is 4.32. The van der Waals surface area contributed by atoms with E-state index in [1.54, 1.807) is 54.6 Å². The molecule has 0 saturated carbocycles. The molecule has 2 heterocycles. The summed E-state index contributed by atoms with van der Waals surface area (Å²) >= 11 is 5.86. The number of ether oxygens (including phenoxy) is 2. The summed E-state index contributed by atoms with van der Waals surface area (Å²) in [5.74, 6) is 0.908. The van der Waals surface area contributed by atoms with E-state index in [1.807, 2.05) is 13.0 Å². The van der Waals surface area contributed by atoms with Crippen LogP contribution in [-0.2, 0) is 4.79 Å². The number of halogens is 1. The SMILES string of the molecule is Cc1ccc(C2C(C#N)=C(N)Oc3cc(OC(=O)/C=C/c4ccc(Cl)cc4)ccc32)o1. The summed E-state index contributed by atoms with van der Waals surface area (Å²) < 4.78 is 16.7. The zero-order chi connectivity index (χ0) is 22.0. The Morgan fingerprint density at radius 2 is 1.97 bits per heavy atom. The summed E-state index contributed by atoms with van der Waals surface area (Å²) in [6, 6.07) is 17.7. The van der Waals surface area contributed by atoms with Gasteiger partial charge in [0.1, 0.15) is 34.7 Å². The Balaban J connectivity index is 1.58. The molecule has 0 radical (unpaired) electrons. The second-order valence-electron chi connectivity index (χ2n) is 6.88. The molecule has 1 atom stereocenters. The number of fused-ring (bicyclic) bond motifs is 1. The molecular weight excluding hydrogens is 416 g/mol. The summed E-state index contributed by atoms with van der Waals surface area (Å²) in [6.45, 7) is 1.82. The quantitative estimate of drug-likeness (QED) is 0.350. The topological polar surface area (TPSA) is 98.5 Å². The highest BCUT2D eigenvalue weighted by Crippen LogP contribution is 2.43. The van der Waals surface area contributed by atoms with Gasteiger partial charge in [-0.05, 0) is 48.9 Å². The van der Waals surface area contributed by atoms with Gasteiger partial charge in [0.2, 0.25) is 5.88 Å². The maximum absolute atomic E-state index is 12.2. The molecule has 1 aromatic heterocycles. The van der Waals surface area contributed by atoms with Crippen LogP contribution in [0.3, 0.4) is 0 Å². The number of rotatable bonds is 4. The fraction of sp³-hybridized carbons (Fsp3) is 0.0833. The van der Waals surface area contributed by atoms with Crippen molar-refractivity contribution >= 4 is 23.6 Å². The first-order valence-corrected chi connectivity index (χ1v) is 9.75. The highest BCUT2D eigenvalue weighted by atomic mass is 35.5. The summed E-state index contributed by atoms with van der Waals surface area (Å²) in [4.78, 5) is 12.2. The number of nitriles is 1. The van der Waals surface area contributed by atoms with Crippen molar-refractivity contribution in [1.29, 1.82) is 5.26 Å². The van der Waals surface area contributed by atoms with E-state index < -0.39 is 11.9 Å². The summed E-state index contributed by atoms with van der Waals surface area (Å²) in [6.07, 6.45) is 2.95. The van der Waals surface area contributed by atoms with Gasteiger partial charge < -0.3 is 19.6 Å². The molecule has 154 valence electrons. The van der Waals surface area contributed by atoms with Crippen molar-refractivity contribution in [1.82, 2.24) is 0 Å². The molecule has 31 heavy (non-hydrogen) atoms. The zero-order valence-electron chi connectivity index (χ0n) is 16.5. The molecule has 4 rings (SSSR count). The zero-order valence-corrected chi connectivity index (χ0v) is 17.2. The summed E-state index contributed by atoms with van der Waals surface area (Å²) in [5, 5.41) is 10.2. The third-order valence-corrected chi connectivity index (χ3v) is 4.99. The van der Waals surface area contributed by atoms with Crippen LogP contribution in [0.25, 0.3) is 6.08 Å². The molecule has 3 aromatic rings. The second-order valence-corrected chi connectivity index (χ2v) is 7.32. The lowest BCUT2D eigenvalue weighted by molar-refractivity contribution is -0.128. The van der Waals surface area contributed by atoms with Gasteiger partial charge in [0.05, 0.1) is 5.92 Å². The maximum Gasteiger partial charge on any atom is 0.336 e. The first kappa shape index (κ1) is 20.3. The first-order chi connectivity index (χ1) is 14.9. The van der Waals surface area contributed by atoms with Gasteiger partial charge in [-0.3, -0.25) is 0 Å². The molecular formula is C24H17ClN2O4. The minimum Gasteiger partial charge on any atom is -0.465 e. The van der Waals surface area contributed by atoms with Gasteiger partial charge in [0.15, 0.2) is 0 Å². The number of nitrogens with zero attached hydrogens (tertiary/aromatic N) is 1. The monoisotopic (exact) mass is 432 g/mol. The van der Waals surface area contributed by atoms with Crippen molar-refractivity contribution in [3.63, 3.8) is 0 Å². The van der Waals surface area contributed by atoms with Crippen LogP contribution in [0.1, 0.15) is 28.6 Å². The van der Waals surface area contributed by atoms with E-state index in [2.05, 4.69) is 6.07 Å². The molecule has 2 aromatic carbocycles. The molecule has 7 heteroatoms. The summed E-state index contributed by atoms with van der Waals surface area (Å²) in [5.41, 5.74) is 7.74. The Kier molecular flexibility index (Phi) is 5.52. The average molecular weight is 433 g/mol. The highest BCUT2D eigenvalue weighted by Gasteiger charge is 2.33. The minimum absolute atomic E-state index is 0.0137. The van der Waals surface area contributed by atoms with Crippen molar-refractivity contribution in [3.05, 3.63) is 99.8 Å². The van der Waals surface area contributed by atoms with Crippen LogP contribution in [-0.4, -0.2) is 5.97 Å². The van der Waals surface area contributed by atoms with Gasteiger partial charge in [0.25, 0.3) is 0 Å². The smallest absolute Gasteiger partial charge is 0.336 e. The van der Waals surface area contributed by atoms with E-state index in [4.69, 9.17) is 31.2 Å². The number of allylic oxidation sites excluding steroid dienone is 1. The van der Waals surface area contributed by atoms with Crippen molar-refractivity contribution in [2.24, 2.45) is 5.73 Å². The molecule has 0 aliphatic carbocycles. The molecule has 0 amide bonds. The van der Waals surface area contributed by atoms with E-state index in [-0.39, 0.29) is 17.2 Å². The second kappa shape index (κ2) is 8.42. The van der Waals surface area contributed by atoms with Crippen LogP contribution in [0, 0.1) is 18.3 Å². The van der Waals surface area contributed by atoms with Crippen molar-refractivity contribution in [2.75, 3.05) is 0 Å². The first-order valence-electron chi connectivity index (χ1n) is 9.38. The van der Waals surface area contributed by atoms with Crippen LogP contribution < -0.4 is 15.2 Å². The number of hydrogen-bond donors (Lipinski definition) is 1. The predicted octanol–water partition coefficient (Wildman–Crippen LogP) is 5.08. The number of furan rings is 1. The Bertz CT molecular complexity index is 1250. The molecule has 1 unspecified atom stereocenters. The molecule has 2 N–H and O–H groups in total. The van der Waals surface area contributed by atoms with Gasteiger partial charge in [-0.2, -0.15) is 5.26 Å². The fourth-order valence-electron chi connectivity index (χ4n) is 3.29. The number of benzene rings is 2. The van der Waals surface area contributed by atoms with Gasteiger partial charge in [-0.1, -0.05) is 29.8 Å². The lowest BCUT2D eigenvalue weighted by Crippen LogP contribution is -2.21. The highest BCUT2D eigenvalue weighted by molar-refractivity contribution is 6.30. The molecule has 6 nitrogen and oxygen atoms in total. The number of aryl methyl sites for hydroxylation is 1. The van der Waals surface area contributed by atoms with Crippen molar-refractivity contribution < 1.29 is 18.7 Å². The van der Waals surface area contributed by atoms with Crippen molar-refractivity contribution in [2.45, 2.75) is 12.8 Å². The molecule has 0 spiro atoms. The van der Waals surface area contributed by atoms with E-state index in [0.29, 0.717) is 22.1 Å². The summed E-state index contributed by atoms with van der Waals surface area (Å²) in [7, 11) is 0. The lowest BCUT2D eigenvalue weighted by atomic mass is 9.87. The lowest BCUT2D eigenvalue weighted by Gasteiger charge is -2.25. The Hall–Kier alpha value is -3.95. The largest absolute Gasteiger partial charge is 0.465 e. The van der Waals surface area contributed by atoms with Crippen LogP contribution in [0.5, 0.6) is 11.5 Å². The standard InChI is InChI=1S/C24H17ClN2O4/c1-14-2-10-20(29-14)23-18-9-8-17(12-21(18)31-24(27)19(23)13-26)30-22(28)11-5-15-3-6-16(25)7-4-15/h2-12,23H,27H2,1H3/b11-5+. The van der Waals surface area contributed by atoms with Crippen molar-refractivity contribution in [3.8, 4) is 17.6 Å². The molecule has 1 aliphatic rings. The fourth-order valence-corrected chi connectivity index (χ4v) is 3.41. The Labute approximate surface area is 183 Å². The number of nitrogens with two attached hydrogens (primary N) is 1. The van der Waals surface area contributed by atoms with E-state index in [1.165, 1.54) is 6.08 Å². The van der Waals surface area contributed by atoms with Gasteiger partial charge >= 0.3 is 5.97 Å². The predicted molar refractivity (Wildman–Crippen MR) is 115 cm³/mol. The van der Waals surface area contributed by atoms with E-state index >= 15 is 0 Å². The Morgan fingerprint density at radius 1 is 1.19 bits per heavy atom. The molecule has 0 bridgehead atoms. The molecule has 0 saturated heterocycles. The molecule has 0 fully saturated rings. The van der Waals surface area contributed by atoms with Crippen LogP contribution in [0.15, 0.2) is 76.5 Å². The molecule has 1 aliphatic heterocycles. The van der Waals surface area contributed by atoms with Gasteiger partial charge in [0, 0.05) is 22.7 Å². The van der Waals surface area contributed by atoms with Crippen LogP contribution in [0.4, 0.5) is 0 Å². The number of carbonyl (C=O) groups is 1. The maximum atomic E-state index is 12.2. The van der Waals surface area contributed by atoms with Crippen LogP contribution >= 0.6 is 11.6 Å². The van der Waals surface area contributed by atoms with Crippen LogP contribution in [0.2, 0.25) is 5.02 Å². The Morgan fingerprint density at radius 3 is 2.65 bits per heavy atom. The normalized spacial score (nSPS) is 15.3. The average Bonchev–Trinajstić information content (AvgIpc) is 3.18. The van der Waals surface area contributed by atoms with Gasteiger partial charge in [-0.15, -0.1) is 0 Å².